The Bertz CT molecular complexity index is 1210. The molecule has 33 heavy (non-hydrogen) atoms. The van der Waals surface area contributed by atoms with Crippen molar-refractivity contribution in [1.29, 1.82) is 0 Å². The molecule has 1 atom stereocenters. The van der Waals surface area contributed by atoms with Crippen molar-refractivity contribution in [1.82, 2.24) is 19.4 Å². The second-order valence-electron chi connectivity index (χ2n) is 8.94. The number of hydrogen-bond acceptors (Lipinski definition) is 6. The number of rotatable bonds is 5. The maximum atomic E-state index is 13.1. The number of piperazine rings is 1. The van der Waals surface area contributed by atoms with Crippen molar-refractivity contribution in [3.8, 4) is 0 Å². The van der Waals surface area contributed by atoms with E-state index in [-0.39, 0.29) is 11.5 Å². The van der Waals surface area contributed by atoms with Gasteiger partial charge in [0.25, 0.3) is 5.56 Å². The van der Waals surface area contributed by atoms with Crippen LogP contribution < -0.4 is 5.56 Å². The molecule has 6 nitrogen and oxygen atoms in total. The standard InChI is InChI=1S/C25H30N4O2S2/c1-17(18-8-4-3-5-9-18)28-12-14-29(15-13-28)21(30)16-32-25-26-23-22(24(31)27(25)2)19-10-6-7-11-20(19)33-23/h3-5,8-9,17H,6-7,10-16H2,1-2H3/t17-/m1/s1. The van der Waals surface area contributed by atoms with Crippen molar-refractivity contribution < 1.29 is 4.79 Å². The van der Waals surface area contributed by atoms with Crippen LogP contribution in [0.1, 0.15) is 41.8 Å². The van der Waals surface area contributed by atoms with E-state index in [0.717, 1.165) is 55.7 Å². The van der Waals surface area contributed by atoms with Gasteiger partial charge in [0.1, 0.15) is 4.83 Å². The summed E-state index contributed by atoms with van der Waals surface area (Å²) in [7, 11) is 1.78. The zero-order valence-corrected chi connectivity index (χ0v) is 20.9. The average Bonchev–Trinajstić information content (AvgIpc) is 3.24. The highest BCUT2D eigenvalue weighted by Crippen LogP contribution is 2.34. The average molecular weight is 483 g/mol. The Balaban J connectivity index is 1.22. The molecule has 0 unspecified atom stereocenters. The molecule has 1 fully saturated rings. The zero-order chi connectivity index (χ0) is 22.9. The second kappa shape index (κ2) is 9.60. The monoisotopic (exact) mass is 482 g/mol. The number of amides is 1. The van der Waals surface area contributed by atoms with Gasteiger partial charge in [-0.25, -0.2) is 4.98 Å². The van der Waals surface area contributed by atoms with Gasteiger partial charge in [0.2, 0.25) is 5.91 Å². The molecule has 0 saturated carbocycles. The van der Waals surface area contributed by atoms with Gasteiger partial charge in [0, 0.05) is 44.1 Å². The molecule has 0 N–H and O–H groups in total. The maximum absolute atomic E-state index is 13.1. The van der Waals surface area contributed by atoms with Gasteiger partial charge in [-0.15, -0.1) is 11.3 Å². The van der Waals surface area contributed by atoms with Crippen molar-refractivity contribution in [2.75, 3.05) is 31.9 Å². The Morgan fingerprint density at radius 3 is 2.61 bits per heavy atom. The summed E-state index contributed by atoms with van der Waals surface area (Å²) in [4.78, 5) is 37.3. The van der Waals surface area contributed by atoms with Gasteiger partial charge in [0.15, 0.2) is 5.16 Å². The normalized spacial score (nSPS) is 17.8. The predicted molar refractivity (Wildman–Crippen MR) is 135 cm³/mol. The van der Waals surface area contributed by atoms with Gasteiger partial charge in [-0.1, -0.05) is 42.1 Å². The quantitative estimate of drug-likeness (QED) is 0.408. The van der Waals surface area contributed by atoms with Crippen LogP contribution in [0.5, 0.6) is 0 Å². The lowest BCUT2D eigenvalue weighted by Gasteiger charge is -2.38. The van der Waals surface area contributed by atoms with Crippen molar-refractivity contribution in [2.45, 2.75) is 43.8 Å². The predicted octanol–water partition coefficient (Wildman–Crippen LogP) is 3.87. The summed E-state index contributed by atoms with van der Waals surface area (Å²) in [5, 5.41) is 1.44. The number of carbonyl (C=O) groups is 1. The summed E-state index contributed by atoms with van der Waals surface area (Å²) in [6, 6.07) is 10.9. The van der Waals surface area contributed by atoms with Crippen LogP contribution in [0.3, 0.4) is 0 Å². The first-order chi connectivity index (χ1) is 16.0. The first-order valence-electron chi connectivity index (χ1n) is 11.7. The van der Waals surface area contributed by atoms with Crippen molar-refractivity contribution in [3.05, 3.63) is 56.7 Å². The van der Waals surface area contributed by atoms with Crippen molar-refractivity contribution >= 4 is 39.2 Å². The van der Waals surface area contributed by atoms with Gasteiger partial charge in [-0.05, 0) is 43.7 Å². The fourth-order valence-corrected chi connectivity index (χ4v) is 7.09. The zero-order valence-electron chi connectivity index (χ0n) is 19.2. The number of carbonyl (C=O) groups excluding carboxylic acids is 1. The van der Waals surface area contributed by atoms with Gasteiger partial charge >= 0.3 is 0 Å². The Morgan fingerprint density at radius 2 is 1.85 bits per heavy atom. The van der Waals surface area contributed by atoms with Gasteiger partial charge in [-0.3, -0.25) is 19.1 Å². The highest BCUT2D eigenvalue weighted by atomic mass is 32.2. The molecule has 0 radical (unpaired) electrons. The molecule has 1 aromatic carbocycles. The smallest absolute Gasteiger partial charge is 0.262 e. The van der Waals surface area contributed by atoms with Crippen LogP contribution in [0.2, 0.25) is 0 Å². The molecule has 3 aromatic rings. The molecule has 174 valence electrons. The molecule has 2 aliphatic rings. The first-order valence-corrected chi connectivity index (χ1v) is 13.5. The highest BCUT2D eigenvalue weighted by molar-refractivity contribution is 7.99. The molecule has 0 bridgehead atoms. The topological polar surface area (TPSA) is 58.4 Å². The Hall–Kier alpha value is -2.16. The first kappa shape index (κ1) is 22.6. The SMILES string of the molecule is C[C@H](c1ccccc1)N1CCN(C(=O)CSc2nc3sc4c(c3c(=O)n2C)CCCC4)CC1. The summed E-state index contributed by atoms with van der Waals surface area (Å²) >= 11 is 3.04. The molecule has 1 saturated heterocycles. The van der Waals surface area contributed by atoms with Crippen LogP contribution in [0.4, 0.5) is 0 Å². The summed E-state index contributed by atoms with van der Waals surface area (Å²) in [5.74, 6) is 0.428. The Labute approximate surface area is 202 Å². The maximum Gasteiger partial charge on any atom is 0.262 e. The van der Waals surface area contributed by atoms with Crippen LogP contribution in [-0.2, 0) is 24.7 Å². The molecule has 1 aliphatic carbocycles. The number of aryl methyl sites for hydroxylation is 2. The molecule has 8 heteroatoms. The molecule has 1 amide bonds. The van der Waals surface area contributed by atoms with Gasteiger partial charge in [0.05, 0.1) is 11.1 Å². The van der Waals surface area contributed by atoms with Gasteiger partial charge < -0.3 is 4.90 Å². The summed E-state index contributed by atoms with van der Waals surface area (Å²) < 4.78 is 1.63. The van der Waals surface area contributed by atoms with E-state index in [1.165, 1.54) is 34.2 Å². The van der Waals surface area contributed by atoms with E-state index in [0.29, 0.717) is 17.0 Å². The number of thiophene rings is 1. The lowest BCUT2D eigenvalue weighted by molar-refractivity contribution is -0.130. The van der Waals surface area contributed by atoms with Crippen LogP contribution >= 0.6 is 23.1 Å². The highest BCUT2D eigenvalue weighted by Gasteiger charge is 2.26. The minimum absolute atomic E-state index is 0.0258. The third kappa shape index (κ3) is 4.48. The van der Waals surface area contributed by atoms with E-state index >= 15 is 0 Å². The van der Waals surface area contributed by atoms with Crippen LogP contribution in [0, 0.1) is 0 Å². The fourth-order valence-electron chi connectivity index (χ4n) is 4.91. The molecule has 3 heterocycles. The number of nitrogens with zero attached hydrogens (tertiary/aromatic N) is 4. The third-order valence-corrected chi connectivity index (χ3v) is 9.18. The van der Waals surface area contributed by atoms with Crippen molar-refractivity contribution in [3.63, 3.8) is 0 Å². The summed E-state index contributed by atoms with van der Waals surface area (Å²) in [6.45, 7) is 5.44. The Morgan fingerprint density at radius 1 is 1.12 bits per heavy atom. The molecule has 1 aliphatic heterocycles. The van der Waals surface area contributed by atoms with E-state index in [4.69, 9.17) is 4.98 Å². The van der Waals surface area contributed by atoms with Crippen LogP contribution in [-0.4, -0.2) is 57.2 Å². The van der Waals surface area contributed by atoms with Crippen LogP contribution in [0.25, 0.3) is 10.2 Å². The number of fused-ring (bicyclic) bond motifs is 3. The van der Waals surface area contributed by atoms with E-state index in [1.807, 2.05) is 11.0 Å². The van der Waals surface area contributed by atoms with Gasteiger partial charge in [-0.2, -0.15) is 0 Å². The molecule has 5 rings (SSSR count). The number of hydrogen-bond donors (Lipinski definition) is 0. The third-order valence-electron chi connectivity index (χ3n) is 6.98. The largest absolute Gasteiger partial charge is 0.339 e. The van der Waals surface area contributed by atoms with E-state index in [9.17, 15) is 9.59 Å². The Kier molecular flexibility index (Phi) is 6.58. The van der Waals surface area contributed by atoms with E-state index in [2.05, 4.69) is 36.1 Å². The molecular formula is C25H30N4O2S2. The lowest BCUT2D eigenvalue weighted by atomic mass is 9.97. The lowest BCUT2D eigenvalue weighted by Crippen LogP contribution is -2.49. The van der Waals surface area contributed by atoms with Crippen molar-refractivity contribution in [2.24, 2.45) is 7.05 Å². The minimum Gasteiger partial charge on any atom is -0.339 e. The summed E-state index contributed by atoms with van der Waals surface area (Å²) in [6.07, 6.45) is 4.36. The van der Waals surface area contributed by atoms with E-state index < -0.39 is 0 Å². The number of aromatic nitrogens is 2. The molecule has 0 spiro atoms. The number of benzene rings is 1. The fraction of sp³-hybridized carbons (Fsp3) is 0.480. The second-order valence-corrected chi connectivity index (χ2v) is 11.0. The summed E-state index contributed by atoms with van der Waals surface area (Å²) in [5.41, 5.74) is 2.55. The molecule has 2 aromatic heterocycles. The molecular weight excluding hydrogens is 452 g/mol. The van der Waals surface area contributed by atoms with E-state index in [1.54, 1.807) is 23.0 Å². The van der Waals surface area contributed by atoms with Crippen LogP contribution in [0.15, 0.2) is 40.3 Å². The minimum atomic E-state index is 0.0258. The number of thioether (sulfide) groups is 1.